The van der Waals surface area contributed by atoms with Gasteiger partial charge in [0.2, 0.25) is 0 Å². The van der Waals surface area contributed by atoms with Gasteiger partial charge in [-0.15, -0.1) is 0 Å². The average molecular weight is 590 g/mol. The molecule has 36 heavy (non-hydrogen) atoms. The Hall–Kier alpha value is -3.72. The van der Waals surface area contributed by atoms with Crippen LogP contribution in [-0.4, -0.2) is 21.3 Å². The first-order chi connectivity index (χ1) is 17.4. The number of carbonyl (C=O) groups is 2. The zero-order chi connectivity index (χ0) is 25.2. The molecule has 1 aromatic heterocycles. The summed E-state index contributed by atoms with van der Waals surface area (Å²) in [6.07, 6.45) is 0. The molecule has 0 bridgehead atoms. The third-order valence-corrected chi connectivity index (χ3v) is 7.30. The Kier molecular flexibility index (Phi) is 6.73. The lowest BCUT2D eigenvalue weighted by Gasteiger charge is -2.18. The standard InChI is InChI=1S/C29H23IN2O4/c1-19-15-25(26(30)29(35)31(19)16-20-9-3-2-4-10-20)36-18-22-12-6-5-11-21(22)17-32-27(33)23-13-7-8-14-24(23)28(32)34/h2-15H,16-18H2,1H3. The van der Waals surface area contributed by atoms with Crippen LogP contribution in [0.2, 0.25) is 0 Å². The Morgan fingerprint density at radius 3 is 2.00 bits per heavy atom. The molecule has 0 saturated heterocycles. The number of nitrogens with zero attached hydrogens (tertiary/aromatic N) is 2. The van der Waals surface area contributed by atoms with E-state index in [9.17, 15) is 14.4 Å². The van der Waals surface area contributed by atoms with Gasteiger partial charge in [0.1, 0.15) is 15.9 Å². The third kappa shape index (κ3) is 4.58. The van der Waals surface area contributed by atoms with Crippen molar-refractivity contribution in [3.8, 4) is 5.75 Å². The van der Waals surface area contributed by atoms with Gasteiger partial charge >= 0.3 is 0 Å². The topological polar surface area (TPSA) is 68.6 Å². The molecule has 180 valence electrons. The summed E-state index contributed by atoms with van der Waals surface area (Å²) in [6, 6.07) is 26.1. The van der Waals surface area contributed by atoms with Gasteiger partial charge < -0.3 is 9.30 Å². The van der Waals surface area contributed by atoms with Gasteiger partial charge in [0.25, 0.3) is 17.4 Å². The third-order valence-electron chi connectivity index (χ3n) is 6.31. The maximum Gasteiger partial charge on any atom is 0.268 e. The van der Waals surface area contributed by atoms with E-state index in [-0.39, 0.29) is 30.5 Å². The summed E-state index contributed by atoms with van der Waals surface area (Å²) < 4.78 is 8.34. The van der Waals surface area contributed by atoms with Crippen molar-refractivity contribution in [3.05, 3.63) is 132 Å². The summed E-state index contributed by atoms with van der Waals surface area (Å²) >= 11 is 2.03. The van der Waals surface area contributed by atoms with Crippen molar-refractivity contribution in [1.29, 1.82) is 0 Å². The van der Waals surface area contributed by atoms with E-state index in [0.29, 0.717) is 27.0 Å². The number of aromatic nitrogens is 1. The number of aryl methyl sites for hydroxylation is 1. The first kappa shape index (κ1) is 24.0. The minimum absolute atomic E-state index is 0.103. The van der Waals surface area contributed by atoms with Crippen LogP contribution in [0, 0.1) is 10.5 Å². The summed E-state index contributed by atoms with van der Waals surface area (Å²) in [5.41, 5.74) is 4.27. The number of hydrogen-bond acceptors (Lipinski definition) is 4. The fraction of sp³-hybridized carbons (Fsp3) is 0.138. The quantitative estimate of drug-likeness (QED) is 0.220. The molecular weight excluding hydrogens is 567 g/mol. The first-order valence-electron chi connectivity index (χ1n) is 11.5. The van der Waals surface area contributed by atoms with E-state index in [1.165, 1.54) is 4.90 Å². The molecule has 0 aliphatic carbocycles. The fourth-order valence-electron chi connectivity index (χ4n) is 4.34. The lowest BCUT2D eigenvalue weighted by atomic mass is 10.1. The number of rotatable bonds is 7. The second kappa shape index (κ2) is 10.1. The maximum atomic E-state index is 13.1. The number of imide groups is 1. The first-order valence-corrected chi connectivity index (χ1v) is 12.6. The molecular formula is C29H23IN2O4. The van der Waals surface area contributed by atoms with Gasteiger partial charge in [-0.1, -0.05) is 66.7 Å². The lowest BCUT2D eigenvalue weighted by Crippen LogP contribution is -2.29. The zero-order valence-corrected chi connectivity index (χ0v) is 21.8. The Balaban J connectivity index is 1.35. The smallest absolute Gasteiger partial charge is 0.268 e. The zero-order valence-electron chi connectivity index (χ0n) is 19.6. The van der Waals surface area contributed by atoms with Crippen LogP contribution in [0.25, 0.3) is 0 Å². The van der Waals surface area contributed by atoms with E-state index in [4.69, 9.17) is 4.74 Å². The lowest BCUT2D eigenvalue weighted by molar-refractivity contribution is 0.0641. The summed E-state index contributed by atoms with van der Waals surface area (Å²) in [5.74, 6) is -0.0741. The molecule has 1 aliphatic rings. The Morgan fingerprint density at radius 2 is 1.33 bits per heavy atom. The SMILES string of the molecule is Cc1cc(OCc2ccccc2CN2C(=O)c3ccccc3C2=O)c(I)c(=O)n1Cc1ccccc1. The van der Waals surface area contributed by atoms with Crippen molar-refractivity contribution in [2.45, 2.75) is 26.6 Å². The van der Waals surface area contributed by atoms with Crippen LogP contribution in [0.3, 0.4) is 0 Å². The van der Waals surface area contributed by atoms with Crippen molar-refractivity contribution in [3.63, 3.8) is 0 Å². The molecule has 2 heterocycles. The van der Waals surface area contributed by atoms with Gasteiger partial charge in [0.05, 0.1) is 24.2 Å². The van der Waals surface area contributed by atoms with E-state index in [1.54, 1.807) is 28.8 Å². The van der Waals surface area contributed by atoms with Crippen LogP contribution in [0.5, 0.6) is 5.75 Å². The Labute approximate surface area is 222 Å². The van der Waals surface area contributed by atoms with E-state index in [2.05, 4.69) is 0 Å². The van der Waals surface area contributed by atoms with Crippen molar-refractivity contribution >= 4 is 34.4 Å². The molecule has 0 fully saturated rings. The number of fused-ring (bicyclic) bond motifs is 1. The van der Waals surface area contributed by atoms with E-state index in [1.807, 2.05) is 90.2 Å². The van der Waals surface area contributed by atoms with Crippen LogP contribution < -0.4 is 10.3 Å². The molecule has 1 aliphatic heterocycles. The summed E-state index contributed by atoms with van der Waals surface area (Å²) in [6.45, 7) is 2.74. The second-order valence-electron chi connectivity index (χ2n) is 8.64. The molecule has 0 radical (unpaired) electrons. The van der Waals surface area contributed by atoms with E-state index >= 15 is 0 Å². The van der Waals surface area contributed by atoms with Gasteiger partial charge in [-0.3, -0.25) is 19.3 Å². The van der Waals surface area contributed by atoms with E-state index in [0.717, 1.165) is 22.4 Å². The highest BCUT2D eigenvalue weighted by Gasteiger charge is 2.35. The molecule has 4 aromatic rings. The number of carbonyl (C=O) groups excluding carboxylic acids is 2. The molecule has 3 aromatic carbocycles. The largest absolute Gasteiger partial charge is 0.488 e. The highest BCUT2D eigenvalue weighted by atomic mass is 127. The number of pyridine rings is 1. The number of benzene rings is 3. The summed E-state index contributed by atoms with van der Waals surface area (Å²) in [5, 5.41) is 0. The van der Waals surface area contributed by atoms with Crippen LogP contribution in [0.1, 0.15) is 43.1 Å². The predicted octanol–water partition coefficient (Wildman–Crippen LogP) is 5.18. The highest BCUT2D eigenvalue weighted by Crippen LogP contribution is 2.26. The molecule has 0 atom stereocenters. The van der Waals surface area contributed by atoms with Crippen LogP contribution >= 0.6 is 22.6 Å². The Morgan fingerprint density at radius 1 is 0.750 bits per heavy atom. The van der Waals surface area contributed by atoms with Crippen molar-refractivity contribution in [2.24, 2.45) is 0 Å². The normalized spacial score (nSPS) is 12.7. The maximum absolute atomic E-state index is 13.1. The highest BCUT2D eigenvalue weighted by molar-refractivity contribution is 14.1. The molecule has 6 nitrogen and oxygen atoms in total. The van der Waals surface area contributed by atoms with Gasteiger partial charge in [0.15, 0.2) is 0 Å². The minimum atomic E-state index is -0.293. The molecule has 7 heteroatoms. The number of amides is 2. The van der Waals surface area contributed by atoms with Crippen molar-refractivity contribution in [2.75, 3.05) is 0 Å². The summed E-state index contributed by atoms with van der Waals surface area (Å²) in [4.78, 5) is 40.0. The van der Waals surface area contributed by atoms with Gasteiger partial charge in [-0.05, 0) is 58.3 Å². The minimum Gasteiger partial charge on any atom is -0.488 e. The van der Waals surface area contributed by atoms with Crippen molar-refractivity contribution in [1.82, 2.24) is 9.47 Å². The van der Waals surface area contributed by atoms with Crippen molar-refractivity contribution < 1.29 is 14.3 Å². The monoisotopic (exact) mass is 590 g/mol. The number of halogens is 1. The molecule has 5 rings (SSSR count). The number of hydrogen-bond donors (Lipinski definition) is 0. The second-order valence-corrected chi connectivity index (χ2v) is 9.72. The summed E-state index contributed by atoms with van der Waals surface area (Å²) in [7, 11) is 0. The van der Waals surface area contributed by atoms with E-state index < -0.39 is 0 Å². The molecule has 0 spiro atoms. The van der Waals surface area contributed by atoms with Crippen LogP contribution in [-0.2, 0) is 19.7 Å². The molecule has 0 N–H and O–H groups in total. The molecule has 2 amide bonds. The predicted molar refractivity (Wildman–Crippen MR) is 145 cm³/mol. The fourth-order valence-corrected chi connectivity index (χ4v) is 4.95. The van der Waals surface area contributed by atoms with Gasteiger partial charge in [0, 0.05) is 11.8 Å². The van der Waals surface area contributed by atoms with Crippen LogP contribution in [0.4, 0.5) is 0 Å². The molecule has 0 saturated carbocycles. The Bertz CT molecular complexity index is 1490. The number of ether oxygens (including phenoxy) is 1. The average Bonchev–Trinajstić information content (AvgIpc) is 3.14. The van der Waals surface area contributed by atoms with Gasteiger partial charge in [-0.25, -0.2) is 0 Å². The molecule has 0 unspecified atom stereocenters. The van der Waals surface area contributed by atoms with Gasteiger partial charge in [-0.2, -0.15) is 0 Å². The van der Waals surface area contributed by atoms with Crippen LogP contribution in [0.15, 0.2) is 89.7 Å².